The zero-order chi connectivity index (χ0) is 27.9. The maximum absolute atomic E-state index is 11.6. The van der Waals surface area contributed by atoms with Gasteiger partial charge in [0, 0.05) is 12.1 Å². The molecule has 39 heavy (non-hydrogen) atoms. The van der Waals surface area contributed by atoms with Gasteiger partial charge in [0.1, 0.15) is 11.3 Å². The Labute approximate surface area is 239 Å². The van der Waals surface area contributed by atoms with Gasteiger partial charge in [0.05, 0.1) is 22.6 Å². The number of ether oxygens (including phenoxy) is 1. The fourth-order valence-electron chi connectivity index (χ4n) is 4.35. The molecule has 3 rings (SSSR count). The van der Waals surface area contributed by atoms with Crippen LogP contribution in [-0.2, 0) is 4.74 Å². The van der Waals surface area contributed by atoms with Crippen LogP contribution >= 0.6 is 12.2 Å². The van der Waals surface area contributed by atoms with Gasteiger partial charge in [0.2, 0.25) is 0 Å². The van der Waals surface area contributed by atoms with Crippen molar-refractivity contribution >= 4 is 29.0 Å². The van der Waals surface area contributed by atoms with E-state index in [1.807, 2.05) is 80.2 Å². The number of carbonyl (C=O) groups is 1. The van der Waals surface area contributed by atoms with Crippen molar-refractivity contribution in [3.8, 4) is 16.9 Å². The lowest BCUT2D eigenvalue weighted by molar-refractivity contribution is 0.0527. The summed E-state index contributed by atoms with van der Waals surface area (Å²) in [6.45, 7) is 6.32. The summed E-state index contributed by atoms with van der Waals surface area (Å²) in [7, 11) is 0. The van der Waals surface area contributed by atoms with Crippen LogP contribution in [0.4, 0.5) is 10.5 Å². The van der Waals surface area contributed by atoms with E-state index in [1.54, 1.807) is 0 Å². The molecule has 0 aliphatic carbocycles. The number of hydrogen-bond donors (Lipinski definition) is 2. The topological polar surface area (TPSA) is 68.2 Å². The second-order valence-electron chi connectivity index (χ2n) is 10.9. The van der Waals surface area contributed by atoms with Gasteiger partial charge in [0.15, 0.2) is 0 Å². The average molecular weight is 549 g/mol. The molecule has 1 aromatic heterocycles. The number of unbranched alkanes of at least 4 members (excludes halogenated alkanes) is 8. The van der Waals surface area contributed by atoms with Gasteiger partial charge in [-0.25, -0.2) is 9.48 Å². The second kappa shape index (κ2) is 16.0. The van der Waals surface area contributed by atoms with Crippen LogP contribution in [0.2, 0.25) is 0 Å². The highest BCUT2D eigenvalue weighted by molar-refractivity contribution is 7.80. The predicted octanol–water partition coefficient (Wildman–Crippen LogP) is 8.70. The van der Waals surface area contributed by atoms with E-state index in [1.165, 1.54) is 38.5 Å². The third kappa shape index (κ3) is 11.6. The van der Waals surface area contributed by atoms with E-state index in [-0.39, 0.29) is 6.09 Å². The molecule has 0 aliphatic heterocycles. The zero-order valence-electron chi connectivity index (χ0n) is 23.7. The Morgan fingerprint density at radius 1 is 0.846 bits per heavy atom. The molecule has 0 saturated carbocycles. The van der Waals surface area contributed by atoms with Crippen molar-refractivity contribution in [2.75, 3.05) is 11.9 Å². The summed E-state index contributed by atoms with van der Waals surface area (Å²) < 4.78 is 7.16. The van der Waals surface area contributed by atoms with Crippen molar-refractivity contribution < 1.29 is 9.53 Å². The summed E-state index contributed by atoms with van der Waals surface area (Å²) >= 11 is 5.70. The van der Waals surface area contributed by atoms with E-state index in [4.69, 9.17) is 22.1 Å². The molecule has 0 atom stereocenters. The predicted molar refractivity (Wildman–Crippen MR) is 166 cm³/mol. The number of carbonyl (C=O) groups excluding carboxylic acids is 1. The summed E-state index contributed by atoms with van der Waals surface area (Å²) in [5, 5.41) is 11.2. The van der Waals surface area contributed by atoms with E-state index in [2.05, 4.69) is 22.8 Å². The van der Waals surface area contributed by atoms with E-state index in [0.717, 1.165) is 53.3 Å². The first-order valence-electron chi connectivity index (χ1n) is 14.3. The molecule has 0 aliphatic rings. The van der Waals surface area contributed by atoms with Gasteiger partial charge >= 0.3 is 6.09 Å². The van der Waals surface area contributed by atoms with Crippen molar-refractivity contribution in [3.63, 3.8) is 0 Å². The average Bonchev–Trinajstić information content (AvgIpc) is 3.33. The normalized spacial score (nSPS) is 11.3. The summed E-state index contributed by atoms with van der Waals surface area (Å²) in [6, 6.07) is 20.4. The van der Waals surface area contributed by atoms with Crippen LogP contribution in [0.1, 0.15) is 85.0 Å². The Morgan fingerprint density at radius 3 is 2.03 bits per heavy atom. The van der Waals surface area contributed by atoms with Gasteiger partial charge in [-0.1, -0.05) is 106 Å². The minimum atomic E-state index is -0.440. The summed E-state index contributed by atoms with van der Waals surface area (Å²) in [4.78, 5) is 12.5. The van der Waals surface area contributed by atoms with Gasteiger partial charge in [-0.15, -0.1) is 0 Å². The molecule has 3 aromatic rings. The molecule has 0 spiro atoms. The summed E-state index contributed by atoms with van der Waals surface area (Å²) in [5.41, 5.74) is 3.49. The lowest BCUT2D eigenvalue weighted by Crippen LogP contribution is -2.32. The van der Waals surface area contributed by atoms with Crippen LogP contribution in [0.25, 0.3) is 16.9 Å². The Kier molecular flexibility index (Phi) is 12.5. The first-order chi connectivity index (χ1) is 18.8. The quantitative estimate of drug-likeness (QED) is 0.147. The van der Waals surface area contributed by atoms with E-state index in [0.29, 0.717) is 6.54 Å². The number of benzene rings is 2. The molecule has 0 unspecified atom stereocenters. The van der Waals surface area contributed by atoms with Gasteiger partial charge in [-0.2, -0.15) is 5.10 Å². The molecule has 7 heteroatoms. The fourth-order valence-corrected chi connectivity index (χ4v) is 4.61. The molecule has 2 N–H and O–H groups in total. The molecule has 1 amide bonds. The highest BCUT2D eigenvalue weighted by Gasteiger charge is 2.15. The lowest BCUT2D eigenvalue weighted by Gasteiger charge is -2.19. The molecule has 6 nitrogen and oxygen atoms in total. The maximum atomic E-state index is 11.6. The number of nitrogens with zero attached hydrogens (tertiary/aromatic N) is 2. The molecule has 210 valence electrons. The van der Waals surface area contributed by atoms with Crippen molar-refractivity contribution in [2.45, 2.75) is 90.6 Å². The van der Waals surface area contributed by atoms with Crippen LogP contribution in [0.15, 0.2) is 66.9 Å². The molecular weight excluding hydrogens is 504 g/mol. The van der Waals surface area contributed by atoms with Crippen LogP contribution in [0.5, 0.6) is 0 Å². The van der Waals surface area contributed by atoms with E-state index >= 15 is 0 Å². The van der Waals surface area contributed by atoms with E-state index in [9.17, 15) is 4.79 Å². The van der Waals surface area contributed by atoms with Crippen molar-refractivity contribution in [1.29, 1.82) is 0 Å². The number of aromatic nitrogens is 2. The summed E-state index contributed by atoms with van der Waals surface area (Å²) in [6.07, 6.45) is 13.2. The second-order valence-corrected chi connectivity index (χ2v) is 11.4. The minimum Gasteiger partial charge on any atom is -0.444 e. The molecule has 0 radical (unpaired) electrons. The summed E-state index contributed by atoms with van der Waals surface area (Å²) in [5.74, 6) is 0. The highest BCUT2D eigenvalue weighted by Crippen LogP contribution is 2.28. The number of anilines is 1. The van der Waals surface area contributed by atoms with Crippen molar-refractivity contribution in [1.82, 2.24) is 15.1 Å². The molecular formula is C32H44N4O2S. The van der Waals surface area contributed by atoms with Gasteiger partial charge in [-0.05, 0) is 52.2 Å². The Bertz CT molecular complexity index is 1140. The minimum absolute atomic E-state index is 0.323. The maximum Gasteiger partial charge on any atom is 0.407 e. The highest BCUT2D eigenvalue weighted by atomic mass is 32.1. The first-order valence-corrected chi connectivity index (χ1v) is 14.7. The van der Waals surface area contributed by atoms with E-state index < -0.39 is 5.60 Å². The SMILES string of the molecule is CC(C)(C)OC(=O)NCCCCCCCCCCCC(=S)Nc1cn(-c2ccccc2)nc1-c1ccccc1. The largest absolute Gasteiger partial charge is 0.444 e. The zero-order valence-corrected chi connectivity index (χ0v) is 24.6. The molecule has 0 fully saturated rings. The third-order valence-electron chi connectivity index (χ3n) is 6.31. The molecule has 0 saturated heterocycles. The van der Waals surface area contributed by atoms with Crippen LogP contribution in [0.3, 0.4) is 0 Å². The lowest BCUT2D eigenvalue weighted by atomic mass is 10.1. The number of nitrogens with one attached hydrogen (secondary N) is 2. The first kappa shape index (κ1) is 30.4. The number of amides is 1. The van der Waals surface area contributed by atoms with Gasteiger partial charge in [-0.3, -0.25) is 0 Å². The number of rotatable bonds is 15. The fraction of sp³-hybridized carbons (Fsp3) is 0.469. The molecule has 0 bridgehead atoms. The van der Waals surface area contributed by atoms with Crippen LogP contribution < -0.4 is 10.6 Å². The van der Waals surface area contributed by atoms with Crippen LogP contribution in [-0.4, -0.2) is 33.0 Å². The van der Waals surface area contributed by atoms with Crippen LogP contribution in [0, 0.1) is 0 Å². The Morgan fingerprint density at radius 2 is 1.41 bits per heavy atom. The monoisotopic (exact) mass is 548 g/mol. The van der Waals surface area contributed by atoms with Crippen molar-refractivity contribution in [3.05, 3.63) is 66.9 Å². The molecule has 2 aromatic carbocycles. The number of hydrogen-bond acceptors (Lipinski definition) is 4. The van der Waals surface area contributed by atoms with Gasteiger partial charge < -0.3 is 15.4 Å². The smallest absolute Gasteiger partial charge is 0.407 e. The van der Waals surface area contributed by atoms with Gasteiger partial charge in [0.25, 0.3) is 0 Å². The molecule has 1 heterocycles. The third-order valence-corrected chi connectivity index (χ3v) is 6.61. The number of thiocarbonyl (C=S) groups is 1. The standard InChI is InChI=1S/C32H44N4O2S/c1-32(2,3)38-31(37)33-24-18-10-8-6-4-5-7-9-17-23-29(39)34-28-25-36(27-21-15-12-16-22-27)35-30(28)26-19-13-11-14-20-26/h11-16,19-22,25H,4-10,17-18,23-24H2,1-3H3,(H,33,37)(H,34,39). The van der Waals surface area contributed by atoms with Crippen molar-refractivity contribution in [2.24, 2.45) is 0 Å². The Hall–Kier alpha value is -3.19. The number of alkyl carbamates (subject to hydrolysis) is 1. The Balaban J connectivity index is 1.29. The number of para-hydroxylation sites is 1.